The van der Waals surface area contributed by atoms with Crippen molar-refractivity contribution in [3.8, 4) is 0 Å². The quantitative estimate of drug-likeness (QED) is 0.821. The topological polar surface area (TPSA) is 33.7 Å². The van der Waals surface area contributed by atoms with Gasteiger partial charge in [0.1, 0.15) is 24.5 Å². The molecule has 24 heavy (non-hydrogen) atoms. The molecule has 2 unspecified atom stereocenters. The zero-order valence-electron chi connectivity index (χ0n) is 14.3. The van der Waals surface area contributed by atoms with Crippen molar-refractivity contribution in [1.82, 2.24) is 9.99 Å². The molecule has 7 heteroatoms. The van der Waals surface area contributed by atoms with Crippen molar-refractivity contribution in [2.24, 2.45) is 0 Å². The van der Waals surface area contributed by atoms with Crippen molar-refractivity contribution in [3.05, 3.63) is 47.9 Å². The predicted molar refractivity (Wildman–Crippen MR) is 95.4 cm³/mol. The lowest BCUT2D eigenvalue weighted by Gasteiger charge is -2.34. The zero-order valence-corrected chi connectivity index (χ0v) is 15.5. The van der Waals surface area contributed by atoms with Gasteiger partial charge in [0, 0.05) is 25.6 Å². The third-order valence-corrected chi connectivity index (χ3v) is 3.90. The minimum atomic E-state index is -0.411. The Bertz CT molecular complexity index is 459. The molecule has 0 aliphatic carbocycles. The molecule has 2 aliphatic rings. The van der Waals surface area contributed by atoms with Crippen LogP contribution >= 0.6 is 9.39 Å². The van der Waals surface area contributed by atoms with Crippen LogP contribution in [0.4, 0.5) is 8.78 Å². The molecule has 1 saturated heterocycles. The summed E-state index contributed by atoms with van der Waals surface area (Å²) in [7, 11) is 2.55. The van der Waals surface area contributed by atoms with Gasteiger partial charge < -0.3 is 14.4 Å². The largest absolute Gasteiger partial charge is 0.498 e. The van der Waals surface area contributed by atoms with E-state index < -0.39 is 11.6 Å². The van der Waals surface area contributed by atoms with Crippen molar-refractivity contribution in [2.45, 2.75) is 26.3 Å². The number of nitrogens with one attached hydrogen (secondary N) is 1. The third kappa shape index (κ3) is 7.56. The Hall–Kier alpha value is -1.23. The van der Waals surface area contributed by atoms with Crippen LogP contribution in [-0.4, -0.2) is 43.9 Å². The number of hydrogen-bond donors (Lipinski definition) is 1. The molecule has 1 N–H and O–H groups in total. The summed E-state index contributed by atoms with van der Waals surface area (Å²) in [6.07, 6.45) is 2.94. The molecule has 0 amide bonds. The van der Waals surface area contributed by atoms with Gasteiger partial charge in [-0.15, -0.1) is 0 Å². The molecule has 0 spiro atoms. The number of nitrogens with zero attached hydrogens (tertiary/aromatic N) is 1. The Labute approximate surface area is 145 Å². The summed E-state index contributed by atoms with van der Waals surface area (Å²) in [6, 6.07) is 4.73. The minimum absolute atomic E-state index is 0.411. The summed E-state index contributed by atoms with van der Waals surface area (Å²) in [5, 5.41) is 3.17. The third-order valence-electron chi connectivity index (χ3n) is 3.43. The molecule has 2 atom stereocenters. The fourth-order valence-corrected chi connectivity index (χ4v) is 2.42. The van der Waals surface area contributed by atoms with E-state index in [4.69, 9.17) is 9.47 Å². The fraction of sp³-hybridized carbons (Fsp3) is 0.529. The van der Waals surface area contributed by atoms with Gasteiger partial charge in [0.25, 0.3) is 0 Å². The van der Waals surface area contributed by atoms with Gasteiger partial charge in [0.15, 0.2) is 0 Å². The first-order valence-electron chi connectivity index (χ1n) is 8.19. The van der Waals surface area contributed by atoms with Gasteiger partial charge in [-0.05, 0) is 24.3 Å². The van der Waals surface area contributed by atoms with Gasteiger partial charge in [-0.1, -0.05) is 23.2 Å². The van der Waals surface area contributed by atoms with Gasteiger partial charge in [0.2, 0.25) is 0 Å². The molecule has 2 heterocycles. The minimum Gasteiger partial charge on any atom is -0.498 e. The Morgan fingerprint density at radius 3 is 2.12 bits per heavy atom. The van der Waals surface area contributed by atoms with Crippen LogP contribution in [0.5, 0.6) is 0 Å². The van der Waals surface area contributed by atoms with Crippen molar-refractivity contribution in [3.63, 3.8) is 0 Å². The van der Waals surface area contributed by atoms with Gasteiger partial charge >= 0.3 is 0 Å². The van der Waals surface area contributed by atoms with E-state index in [1.807, 2.05) is 20.1 Å². The molecule has 0 aromatic heterocycles. The molecule has 1 fully saturated rings. The fourth-order valence-electron chi connectivity index (χ4n) is 2.21. The van der Waals surface area contributed by atoms with Crippen LogP contribution in [0, 0.1) is 11.6 Å². The van der Waals surface area contributed by atoms with Crippen LogP contribution in [0.25, 0.3) is 0 Å². The van der Waals surface area contributed by atoms with Gasteiger partial charge in [-0.25, -0.2) is 8.78 Å². The van der Waals surface area contributed by atoms with E-state index in [1.54, 1.807) is 0 Å². The summed E-state index contributed by atoms with van der Waals surface area (Å²) < 4.78 is 34.6. The maximum Gasteiger partial charge on any atom is 0.123 e. The Morgan fingerprint density at radius 2 is 1.62 bits per heavy atom. The Morgan fingerprint density at radius 1 is 1.08 bits per heavy atom. The lowest BCUT2D eigenvalue weighted by molar-refractivity contribution is 0.0449. The average molecular weight is 360 g/mol. The zero-order chi connectivity index (χ0) is 17.8. The maximum absolute atomic E-state index is 11.9. The van der Waals surface area contributed by atoms with Gasteiger partial charge in [-0.3, -0.25) is 5.09 Å². The molecule has 136 valence electrons. The lowest BCUT2D eigenvalue weighted by Crippen LogP contribution is -2.40. The second-order valence-corrected chi connectivity index (χ2v) is 5.38. The number of morpholine rings is 1. The van der Waals surface area contributed by atoms with Crippen LogP contribution in [0.1, 0.15) is 20.3 Å². The number of halogens is 2. The molecular formula is C17H27F2N2O2P. The summed E-state index contributed by atoms with van der Waals surface area (Å²) in [5.74, 6) is -0.821. The molecule has 0 radical (unpaired) electrons. The molecule has 0 saturated carbocycles. The molecule has 3 rings (SSSR count). The summed E-state index contributed by atoms with van der Waals surface area (Å²) in [5.41, 5.74) is 1.29. The SMILES string of the molecule is CC.Fc1ccc(F)cc1.PNC1COC=C(N2CCOCC2)C1. The van der Waals surface area contributed by atoms with Crippen molar-refractivity contribution in [2.75, 3.05) is 32.9 Å². The predicted octanol–water partition coefficient (Wildman–Crippen LogP) is 3.32. The maximum atomic E-state index is 11.9. The van der Waals surface area contributed by atoms with E-state index >= 15 is 0 Å². The molecule has 1 aromatic carbocycles. The number of rotatable bonds is 2. The Kier molecular flexibility index (Phi) is 10.6. The van der Waals surface area contributed by atoms with Crippen LogP contribution in [0.2, 0.25) is 0 Å². The molecule has 1 aromatic rings. The smallest absolute Gasteiger partial charge is 0.123 e. The first-order chi connectivity index (χ1) is 11.7. The van der Waals surface area contributed by atoms with E-state index in [-0.39, 0.29) is 0 Å². The molecule has 4 nitrogen and oxygen atoms in total. The molecular weight excluding hydrogens is 333 g/mol. The molecule has 0 bridgehead atoms. The Balaban J connectivity index is 0.000000245. The number of hydrogen-bond acceptors (Lipinski definition) is 4. The van der Waals surface area contributed by atoms with E-state index in [0.717, 1.165) is 63.6 Å². The van der Waals surface area contributed by atoms with Crippen LogP contribution < -0.4 is 5.09 Å². The first kappa shape index (κ1) is 20.8. The van der Waals surface area contributed by atoms with E-state index in [2.05, 4.69) is 19.4 Å². The highest BCUT2D eigenvalue weighted by Crippen LogP contribution is 2.18. The van der Waals surface area contributed by atoms with Crippen LogP contribution in [0.15, 0.2) is 36.2 Å². The summed E-state index contributed by atoms with van der Waals surface area (Å²) in [6.45, 7) is 8.39. The number of benzene rings is 1. The second kappa shape index (κ2) is 12.2. The van der Waals surface area contributed by atoms with Gasteiger partial charge in [0.05, 0.1) is 18.9 Å². The number of ether oxygens (including phenoxy) is 2. The van der Waals surface area contributed by atoms with Crippen molar-refractivity contribution >= 4 is 9.39 Å². The standard InChI is InChI=1S/C9H17N2O2P.C6H4F2.C2H6/c14-10-8-5-9(7-13-6-8)11-1-3-12-4-2-11;7-5-1-2-6(8)4-3-5;1-2/h7-8,10H,1-6,14H2;1-4H;1-2H3. The highest BCUT2D eigenvalue weighted by atomic mass is 31.0. The van der Waals surface area contributed by atoms with Crippen LogP contribution in [-0.2, 0) is 9.47 Å². The van der Waals surface area contributed by atoms with Crippen LogP contribution in [0.3, 0.4) is 0 Å². The van der Waals surface area contributed by atoms with E-state index in [9.17, 15) is 8.78 Å². The summed E-state index contributed by atoms with van der Waals surface area (Å²) >= 11 is 0. The lowest BCUT2D eigenvalue weighted by atomic mass is 10.1. The highest BCUT2D eigenvalue weighted by molar-refractivity contribution is 7.13. The average Bonchev–Trinajstić information content (AvgIpc) is 2.67. The summed E-state index contributed by atoms with van der Waals surface area (Å²) in [4.78, 5) is 2.34. The highest BCUT2D eigenvalue weighted by Gasteiger charge is 2.20. The van der Waals surface area contributed by atoms with Crippen molar-refractivity contribution < 1.29 is 18.3 Å². The normalized spacial score (nSPS) is 19.8. The van der Waals surface area contributed by atoms with E-state index in [1.165, 1.54) is 5.70 Å². The monoisotopic (exact) mass is 360 g/mol. The van der Waals surface area contributed by atoms with Gasteiger partial charge in [-0.2, -0.15) is 0 Å². The molecule has 2 aliphatic heterocycles. The van der Waals surface area contributed by atoms with Crippen molar-refractivity contribution in [1.29, 1.82) is 0 Å². The first-order valence-corrected chi connectivity index (χ1v) is 8.77. The van der Waals surface area contributed by atoms with E-state index in [0.29, 0.717) is 6.04 Å². The second-order valence-electron chi connectivity index (χ2n) is 5.05.